The molecule has 7 nitrogen and oxygen atoms in total. The van der Waals surface area contributed by atoms with Gasteiger partial charge in [0.1, 0.15) is 5.69 Å². The summed E-state index contributed by atoms with van der Waals surface area (Å²) in [6.45, 7) is 7.61. The number of rotatable bonds is 8. The quantitative estimate of drug-likeness (QED) is 0.641. The van der Waals surface area contributed by atoms with E-state index in [-0.39, 0.29) is 11.5 Å². The van der Waals surface area contributed by atoms with Crippen LogP contribution in [0.5, 0.6) is 0 Å². The van der Waals surface area contributed by atoms with Crippen LogP contribution >= 0.6 is 0 Å². The first-order valence-electron chi connectivity index (χ1n) is 8.92. The molecule has 1 amide bonds. The molecule has 7 heteroatoms. The van der Waals surface area contributed by atoms with Crippen LogP contribution in [0.2, 0.25) is 0 Å². The van der Waals surface area contributed by atoms with Crippen molar-refractivity contribution >= 4 is 34.6 Å². The van der Waals surface area contributed by atoms with Gasteiger partial charge in [0.05, 0.1) is 16.9 Å². The molecule has 0 atom stereocenters. The number of carboxylic acids is 1. The highest BCUT2D eigenvalue weighted by atomic mass is 16.4. The van der Waals surface area contributed by atoms with Gasteiger partial charge in [-0.3, -0.25) is 4.79 Å². The number of amides is 1. The molecular weight excluding hydrogens is 344 g/mol. The lowest BCUT2D eigenvalue weighted by molar-refractivity contribution is -0.115. The number of benzene rings is 2. The molecule has 2 aromatic rings. The third-order valence-corrected chi connectivity index (χ3v) is 4.07. The van der Waals surface area contributed by atoms with Crippen LogP contribution in [0, 0.1) is 0 Å². The second-order valence-corrected chi connectivity index (χ2v) is 5.83. The molecule has 2 N–H and O–H groups in total. The van der Waals surface area contributed by atoms with E-state index < -0.39 is 5.97 Å². The van der Waals surface area contributed by atoms with E-state index in [2.05, 4.69) is 34.3 Å². The SMILES string of the molecule is CCC(=O)Nc1cc(N(CC)CC)ccc1N=Nc1cccc(C(=O)O)c1. The van der Waals surface area contributed by atoms with Crippen molar-refractivity contribution in [2.24, 2.45) is 10.2 Å². The summed E-state index contributed by atoms with van der Waals surface area (Å²) in [7, 11) is 0. The molecule has 0 saturated heterocycles. The number of aromatic carboxylic acids is 1. The maximum absolute atomic E-state index is 11.9. The Balaban J connectivity index is 2.37. The van der Waals surface area contributed by atoms with Gasteiger partial charge in [0.15, 0.2) is 0 Å². The molecule has 2 rings (SSSR count). The van der Waals surface area contributed by atoms with Gasteiger partial charge in [0.25, 0.3) is 0 Å². The fourth-order valence-corrected chi connectivity index (χ4v) is 2.55. The van der Waals surface area contributed by atoms with E-state index in [4.69, 9.17) is 5.11 Å². The van der Waals surface area contributed by atoms with Crippen LogP contribution in [-0.2, 0) is 4.79 Å². The number of hydrogen-bond acceptors (Lipinski definition) is 5. The molecule has 142 valence electrons. The highest BCUT2D eigenvalue weighted by Crippen LogP contribution is 2.32. The summed E-state index contributed by atoms with van der Waals surface area (Å²) in [5.74, 6) is -1.14. The van der Waals surface area contributed by atoms with Gasteiger partial charge < -0.3 is 15.3 Å². The molecule has 0 saturated carbocycles. The molecule has 0 bridgehead atoms. The van der Waals surface area contributed by atoms with E-state index in [1.807, 2.05) is 12.1 Å². The van der Waals surface area contributed by atoms with Crippen molar-refractivity contribution in [1.29, 1.82) is 0 Å². The third-order valence-electron chi connectivity index (χ3n) is 4.07. The Morgan fingerprint density at radius 3 is 2.41 bits per heavy atom. The van der Waals surface area contributed by atoms with Crippen molar-refractivity contribution in [3.05, 3.63) is 48.0 Å². The van der Waals surface area contributed by atoms with Gasteiger partial charge in [0, 0.05) is 25.2 Å². The summed E-state index contributed by atoms with van der Waals surface area (Å²) < 4.78 is 0. The van der Waals surface area contributed by atoms with Crippen LogP contribution in [0.4, 0.5) is 22.7 Å². The molecule has 0 aliphatic heterocycles. The van der Waals surface area contributed by atoms with E-state index in [1.165, 1.54) is 12.1 Å². The molecule has 0 fully saturated rings. The molecule has 0 aliphatic carbocycles. The Hall–Kier alpha value is -3.22. The van der Waals surface area contributed by atoms with Crippen LogP contribution in [0.1, 0.15) is 37.6 Å². The van der Waals surface area contributed by atoms with Crippen molar-refractivity contribution < 1.29 is 14.7 Å². The topological polar surface area (TPSA) is 94.4 Å². The zero-order chi connectivity index (χ0) is 19.8. The van der Waals surface area contributed by atoms with Gasteiger partial charge in [-0.25, -0.2) is 4.79 Å². The van der Waals surface area contributed by atoms with Crippen LogP contribution in [0.15, 0.2) is 52.7 Å². The van der Waals surface area contributed by atoms with E-state index in [0.717, 1.165) is 18.8 Å². The standard InChI is InChI=1S/C20H24N4O3/c1-4-19(25)21-18-13-16(24(5-2)6-3)10-11-17(18)23-22-15-9-7-8-14(12-15)20(26)27/h7-13H,4-6H2,1-3H3,(H,21,25)(H,26,27). The average Bonchev–Trinajstić information content (AvgIpc) is 2.68. The van der Waals surface area contributed by atoms with Crippen molar-refractivity contribution in [3.8, 4) is 0 Å². The van der Waals surface area contributed by atoms with E-state index in [9.17, 15) is 9.59 Å². The number of nitrogens with zero attached hydrogens (tertiary/aromatic N) is 3. The molecule has 0 spiro atoms. The predicted molar refractivity (Wildman–Crippen MR) is 107 cm³/mol. The summed E-state index contributed by atoms with van der Waals surface area (Å²) in [5, 5.41) is 20.3. The zero-order valence-corrected chi connectivity index (χ0v) is 15.8. The lowest BCUT2D eigenvalue weighted by atomic mass is 10.2. The molecule has 0 heterocycles. The van der Waals surface area contributed by atoms with Gasteiger partial charge in [-0.15, -0.1) is 5.11 Å². The largest absolute Gasteiger partial charge is 0.478 e. The van der Waals surface area contributed by atoms with Gasteiger partial charge >= 0.3 is 5.97 Å². The first-order chi connectivity index (χ1) is 13.0. The van der Waals surface area contributed by atoms with E-state index >= 15 is 0 Å². The minimum Gasteiger partial charge on any atom is -0.478 e. The number of carboxylic acid groups (broad SMARTS) is 1. The lowest BCUT2D eigenvalue weighted by Crippen LogP contribution is -2.22. The molecule has 27 heavy (non-hydrogen) atoms. The molecule has 0 aromatic heterocycles. The summed E-state index contributed by atoms with van der Waals surface area (Å²) in [4.78, 5) is 25.1. The first-order valence-corrected chi connectivity index (χ1v) is 8.92. The fraction of sp³-hybridized carbons (Fsp3) is 0.300. The molecule has 0 radical (unpaired) electrons. The number of carbonyl (C=O) groups is 2. The highest BCUT2D eigenvalue weighted by Gasteiger charge is 2.10. The van der Waals surface area contributed by atoms with Crippen molar-refractivity contribution in [2.75, 3.05) is 23.3 Å². The minimum atomic E-state index is -1.02. The molecule has 0 unspecified atom stereocenters. The second-order valence-electron chi connectivity index (χ2n) is 5.83. The zero-order valence-electron chi connectivity index (χ0n) is 15.8. The maximum atomic E-state index is 11.9. The Morgan fingerprint density at radius 2 is 1.78 bits per heavy atom. The number of azo groups is 1. The van der Waals surface area contributed by atoms with Crippen molar-refractivity contribution in [3.63, 3.8) is 0 Å². The maximum Gasteiger partial charge on any atom is 0.335 e. The smallest absolute Gasteiger partial charge is 0.335 e. The minimum absolute atomic E-state index is 0.115. The highest BCUT2D eigenvalue weighted by molar-refractivity contribution is 5.94. The van der Waals surface area contributed by atoms with Gasteiger partial charge in [0.2, 0.25) is 5.91 Å². The van der Waals surface area contributed by atoms with Crippen LogP contribution in [0.25, 0.3) is 0 Å². The van der Waals surface area contributed by atoms with Gasteiger partial charge in [-0.2, -0.15) is 5.11 Å². The third kappa shape index (κ3) is 5.37. The van der Waals surface area contributed by atoms with Gasteiger partial charge in [-0.1, -0.05) is 13.0 Å². The van der Waals surface area contributed by atoms with Crippen molar-refractivity contribution in [1.82, 2.24) is 0 Å². The van der Waals surface area contributed by atoms with Gasteiger partial charge in [-0.05, 0) is 50.2 Å². The van der Waals surface area contributed by atoms with E-state index in [1.54, 1.807) is 25.1 Å². The molecule has 2 aromatic carbocycles. The summed E-state index contributed by atoms with van der Waals surface area (Å²) in [6, 6.07) is 11.8. The number of nitrogens with one attached hydrogen (secondary N) is 1. The first kappa shape index (κ1) is 20.1. The predicted octanol–water partition coefficient (Wildman–Crippen LogP) is 4.99. The lowest BCUT2D eigenvalue weighted by Gasteiger charge is -2.22. The Kier molecular flexibility index (Phi) is 7.05. The van der Waals surface area contributed by atoms with Crippen LogP contribution < -0.4 is 10.2 Å². The number of hydrogen-bond donors (Lipinski definition) is 2. The summed E-state index contributed by atoms with van der Waals surface area (Å²) in [5.41, 5.74) is 2.63. The number of carbonyl (C=O) groups excluding carboxylic acids is 1. The summed E-state index contributed by atoms with van der Waals surface area (Å²) >= 11 is 0. The Morgan fingerprint density at radius 1 is 1.04 bits per heavy atom. The van der Waals surface area contributed by atoms with E-state index in [0.29, 0.717) is 23.5 Å². The monoisotopic (exact) mass is 368 g/mol. The Labute approximate surface area is 158 Å². The van der Waals surface area contributed by atoms with Crippen LogP contribution in [0.3, 0.4) is 0 Å². The fourth-order valence-electron chi connectivity index (χ4n) is 2.55. The van der Waals surface area contributed by atoms with Crippen LogP contribution in [-0.4, -0.2) is 30.1 Å². The molecular formula is C20H24N4O3. The molecule has 0 aliphatic rings. The van der Waals surface area contributed by atoms with Crippen molar-refractivity contribution in [2.45, 2.75) is 27.2 Å². The number of anilines is 2. The average molecular weight is 368 g/mol. The Bertz CT molecular complexity index is 845. The summed E-state index contributed by atoms with van der Waals surface area (Å²) in [6.07, 6.45) is 0.354. The second kappa shape index (κ2) is 9.47. The normalized spacial score (nSPS) is 10.8.